The number of carbonyl (C=O) groups is 1. The molecule has 8 heteroatoms. The molecule has 0 saturated carbocycles. The third-order valence-corrected chi connectivity index (χ3v) is 5.21. The van der Waals surface area contributed by atoms with Crippen molar-refractivity contribution in [1.82, 2.24) is 16.0 Å². The number of nitrogens with one attached hydrogen (secondary N) is 3. The highest BCUT2D eigenvalue weighted by Crippen LogP contribution is 2.30. The van der Waals surface area contributed by atoms with Gasteiger partial charge in [0, 0.05) is 44.8 Å². The zero-order valence-corrected chi connectivity index (χ0v) is 18.4. The van der Waals surface area contributed by atoms with Gasteiger partial charge in [0.1, 0.15) is 11.5 Å². The van der Waals surface area contributed by atoms with E-state index in [1.807, 2.05) is 24.3 Å². The van der Waals surface area contributed by atoms with Gasteiger partial charge in [-0.25, -0.2) is 0 Å². The summed E-state index contributed by atoms with van der Waals surface area (Å²) in [5, 5.41) is 9.63. The number of hydrogen-bond acceptors (Lipinski definition) is 5. The van der Waals surface area contributed by atoms with E-state index in [1.54, 1.807) is 39.5 Å². The highest BCUT2D eigenvalue weighted by atomic mass is 16.5. The van der Waals surface area contributed by atoms with Crippen molar-refractivity contribution in [2.45, 2.75) is 12.5 Å². The molecule has 1 atom stereocenters. The van der Waals surface area contributed by atoms with Gasteiger partial charge in [-0.2, -0.15) is 0 Å². The van der Waals surface area contributed by atoms with E-state index in [0.29, 0.717) is 24.4 Å². The summed E-state index contributed by atoms with van der Waals surface area (Å²) >= 11 is 0. The largest absolute Gasteiger partial charge is 0.497 e. The van der Waals surface area contributed by atoms with Gasteiger partial charge in [-0.3, -0.25) is 9.79 Å². The SMILES string of the molecule is CN=C(NCCNC(=O)c1cccc(OC)c1)NC1CCN(c2ccccc2OC)C1. The maximum absolute atomic E-state index is 12.3. The highest BCUT2D eigenvalue weighted by Gasteiger charge is 2.25. The molecule has 0 spiro atoms. The minimum Gasteiger partial charge on any atom is -0.497 e. The maximum atomic E-state index is 12.3. The summed E-state index contributed by atoms with van der Waals surface area (Å²) < 4.78 is 10.6. The number of guanidine groups is 1. The summed E-state index contributed by atoms with van der Waals surface area (Å²) in [7, 11) is 5.03. The highest BCUT2D eigenvalue weighted by molar-refractivity contribution is 5.94. The van der Waals surface area contributed by atoms with Crippen molar-refractivity contribution in [3.63, 3.8) is 0 Å². The van der Waals surface area contributed by atoms with E-state index < -0.39 is 0 Å². The summed E-state index contributed by atoms with van der Waals surface area (Å²) in [5.41, 5.74) is 1.68. The van der Waals surface area contributed by atoms with Crippen molar-refractivity contribution < 1.29 is 14.3 Å². The number of nitrogens with zero attached hydrogens (tertiary/aromatic N) is 2. The zero-order valence-electron chi connectivity index (χ0n) is 18.4. The number of anilines is 1. The Morgan fingerprint density at radius 2 is 1.90 bits per heavy atom. The normalized spacial score (nSPS) is 16.0. The fraction of sp³-hybridized carbons (Fsp3) is 0.391. The van der Waals surface area contributed by atoms with Gasteiger partial charge in [0.2, 0.25) is 0 Å². The lowest BCUT2D eigenvalue weighted by molar-refractivity contribution is 0.0954. The fourth-order valence-electron chi connectivity index (χ4n) is 3.60. The Morgan fingerprint density at radius 1 is 1.10 bits per heavy atom. The van der Waals surface area contributed by atoms with Crippen LogP contribution in [0.25, 0.3) is 0 Å². The van der Waals surface area contributed by atoms with Crippen LogP contribution in [0, 0.1) is 0 Å². The van der Waals surface area contributed by atoms with Crippen LogP contribution in [-0.2, 0) is 0 Å². The number of carbonyl (C=O) groups excluding carboxylic acids is 1. The number of para-hydroxylation sites is 2. The molecule has 0 aliphatic carbocycles. The van der Waals surface area contributed by atoms with Crippen LogP contribution in [-0.4, -0.2) is 65.4 Å². The molecule has 2 aromatic carbocycles. The van der Waals surface area contributed by atoms with Crippen LogP contribution in [0.1, 0.15) is 16.8 Å². The molecule has 31 heavy (non-hydrogen) atoms. The Hall–Kier alpha value is -3.42. The fourth-order valence-corrected chi connectivity index (χ4v) is 3.60. The van der Waals surface area contributed by atoms with Crippen LogP contribution in [0.3, 0.4) is 0 Å². The van der Waals surface area contributed by atoms with Crippen molar-refractivity contribution >= 4 is 17.6 Å². The minimum absolute atomic E-state index is 0.133. The van der Waals surface area contributed by atoms with E-state index in [2.05, 4.69) is 31.9 Å². The number of methoxy groups -OCH3 is 2. The van der Waals surface area contributed by atoms with Crippen molar-refractivity contribution in [1.29, 1.82) is 0 Å². The molecular formula is C23H31N5O3. The van der Waals surface area contributed by atoms with E-state index in [9.17, 15) is 4.79 Å². The molecule has 1 aliphatic heterocycles. The van der Waals surface area contributed by atoms with Gasteiger partial charge in [-0.05, 0) is 36.8 Å². The summed E-state index contributed by atoms with van der Waals surface area (Å²) in [6.45, 7) is 2.87. The molecule has 166 valence electrons. The topological polar surface area (TPSA) is 87.2 Å². The van der Waals surface area contributed by atoms with Crippen LogP contribution >= 0.6 is 0 Å². The van der Waals surface area contributed by atoms with Gasteiger partial charge in [-0.1, -0.05) is 18.2 Å². The molecule has 0 aromatic heterocycles. The van der Waals surface area contributed by atoms with Crippen molar-refractivity contribution in [3.8, 4) is 11.5 Å². The third-order valence-electron chi connectivity index (χ3n) is 5.21. The van der Waals surface area contributed by atoms with Crippen LogP contribution in [0.5, 0.6) is 11.5 Å². The number of hydrogen-bond donors (Lipinski definition) is 3. The Bertz CT molecular complexity index is 902. The maximum Gasteiger partial charge on any atom is 0.251 e. The van der Waals surface area contributed by atoms with Crippen molar-refractivity contribution in [2.75, 3.05) is 52.3 Å². The Balaban J connectivity index is 1.42. The lowest BCUT2D eigenvalue weighted by Gasteiger charge is -2.22. The monoisotopic (exact) mass is 425 g/mol. The second-order valence-corrected chi connectivity index (χ2v) is 7.23. The molecule has 8 nitrogen and oxygen atoms in total. The summed E-state index contributed by atoms with van der Waals surface area (Å²) in [6.07, 6.45) is 1.01. The van der Waals surface area contributed by atoms with Gasteiger partial charge in [0.05, 0.1) is 19.9 Å². The zero-order chi connectivity index (χ0) is 22.1. The first-order valence-electron chi connectivity index (χ1n) is 10.4. The quantitative estimate of drug-likeness (QED) is 0.340. The summed E-state index contributed by atoms with van der Waals surface area (Å²) in [6, 6.07) is 15.4. The molecule has 1 heterocycles. The number of rotatable bonds is 8. The molecule has 0 bridgehead atoms. The van der Waals surface area contributed by atoms with Gasteiger partial charge < -0.3 is 30.3 Å². The standard InChI is InChI=1S/C23H31N5O3/c1-24-23(26-13-12-25-22(29)17-7-6-8-19(15-17)30-2)27-18-11-14-28(16-18)20-9-4-5-10-21(20)31-3/h4-10,15,18H,11-14,16H2,1-3H3,(H,25,29)(H2,24,26,27). The molecular weight excluding hydrogens is 394 g/mol. The van der Waals surface area contributed by atoms with Crippen molar-refractivity contribution in [2.24, 2.45) is 4.99 Å². The smallest absolute Gasteiger partial charge is 0.251 e. The first-order valence-corrected chi connectivity index (χ1v) is 10.4. The molecule has 3 rings (SSSR count). The van der Waals surface area contributed by atoms with E-state index in [4.69, 9.17) is 9.47 Å². The van der Waals surface area contributed by atoms with E-state index in [1.165, 1.54) is 0 Å². The van der Waals surface area contributed by atoms with Crippen LogP contribution < -0.4 is 30.3 Å². The van der Waals surface area contributed by atoms with Gasteiger partial charge >= 0.3 is 0 Å². The van der Waals surface area contributed by atoms with Gasteiger partial charge in [-0.15, -0.1) is 0 Å². The van der Waals surface area contributed by atoms with Crippen LogP contribution in [0.4, 0.5) is 5.69 Å². The van der Waals surface area contributed by atoms with E-state index >= 15 is 0 Å². The molecule has 3 N–H and O–H groups in total. The van der Waals surface area contributed by atoms with E-state index in [-0.39, 0.29) is 11.9 Å². The van der Waals surface area contributed by atoms with Crippen LogP contribution in [0.2, 0.25) is 0 Å². The number of ether oxygens (including phenoxy) is 2. The predicted molar refractivity (Wildman–Crippen MR) is 123 cm³/mol. The van der Waals surface area contributed by atoms with Gasteiger partial charge in [0.15, 0.2) is 5.96 Å². The third kappa shape index (κ3) is 6.04. The molecule has 1 unspecified atom stereocenters. The number of benzene rings is 2. The molecule has 0 radical (unpaired) electrons. The first kappa shape index (κ1) is 22.3. The number of amides is 1. The van der Waals surface area contributed by atoms with Crippen LogP contribution in [0.15, 0.2) is 53.5 Å². The molecule has 1 aliphatic rings. The van der Waals surface area contributed by atoms with Crippen molar-refractivity contribution in [3.05, 3.63) is 54.1 Å². The summed E-state index contributed by atoms with van der Waals surface area (Å²) in [4.78, 5) is 18.9. The first-order chi connectivity index (χ1) is 15.1. The van der Waals surface area contributed by atoms with E-state index in [0.717, 1.165) is 36.9 Å². The number of aliphatic imine (C=N–C) groups is 1. The Morgan fingerprint density at radius 3 is 2.68 bits per heavy atom. The van der Waals surface area contributed by atoms with Gasteiger partial charge in [0.25, 0.3) is 5.91 Å². The Labute approximate surface area is 183 Å². The molecule has 1 fully saturated rings. The molecule has 2 aromatic rings. The second-order valence-electron chi connectivity index (χ2n) is 7.23. The minimum atomic E-state index is -0.133. The Kier molecular flexibility index (Phi) is 7.98. The summed E-state index contributed by atoms with van der Waals surface area (Å²) in [5.74, 6) is 2.14. The molecule has 1 amide bonds. The predicted octanol–water partition coefficient (Wildman–Crippen LogP) is 1.88. The average molecular weight is 426 g/mol. The molecule has 1 saturated heterocycles. The lowest BCUT2D eigenvalue weighted by Crippen LogP contribution is -2.46. The average Bonchev–Trinajstić information content (AvgIpc) is 3.29. The second kappa shape index (κ2) is 11.1. The lowest BCUT2D eigenvalue weighted by atomic mass is 10.2.